The number of β-amino-alcohol motifs (C(OH)–C–C–N with tert-alkyl or cyclic N) is 1. The van der Waals surface area contributed by atoms with Crippen LogP contribution >= 0.6 is 0 Å². The van der Waals surface area contributed by atoms with Crippen molar-refractivity contribution in [2.45, 2.75) is 24.5 Å². The van der Waals surface area contributed by atoms with Crippen molar-refractivity contribution in [2.24, 2.45) is 0 Å². The van der Waals surface area contributed by atoms with Gasteiger partial charge in [-0.1, -0.05) is 24.3 Å². The van der Waals surface area contributed by atoms with Crippen molar-refractivity contribution < 1.29 is 19.7 Å². The minimum Gasteiger partial charge on any atom is -0.497 e. The van der Waals surface area contributed by atoms with Gasteiger partial charge < -0.3 is 24.6 Å². The topological polar surface area (TPSA) is 62.2 Å². The largest absolute Gasteiger partial charge is 0.497 e. The number of nitrogens with zero attached hydrogens (tertiary/aromatic N) is 1. The van der Waals surface area contributed by atoms with E-state index in [4.69, 9.17) is 9.47 Å². The van der Waals surface area contributed by atoms with E-state index in [-0.39, 0.29) is 0 Å². The van der Waals surface area contributed by atoms with E-state index in [1.807, 2.05) is 48.5 Å². The zero-order valence-electron chi connectivity index (χ0n) is 15.4. The Morgan fingerprint density at radius 3 is 2.27 bits per heavy atom. The maximum Gasteiger partial charge on any atom is 0.119 e. The van der Waals surface area contributed by atoms with Crippen LogP contribution < -0.4 is 9.47 Å². The second-order valence-corrected chi connectivity index (χ2v) is 6.85. The molecule has 1 heterocycles. The number of aliphatic hydroxyl groups excluding tert-OH is 1. The minimum atomic E-state index is -0.816. The summed E-state index contributed by atoms with van der Waals surface area (Å²) in [5, 5.41) is 21.5. The molecule has 0 saturated carbocycles. The third kappa shape index (κ3) is 4.18. The SMILES string of the molecule is COc1ccc(C2(O)CCN(CC(O)c3cccc(OC)c3)CC2)cc1. The number of hydrogen-bond acceptors (Lipinski definition) is 5. The van der Waals surface area contributed by atoms with E-state index in [2.05, 4.69) is 4.90 Å². The molecule has 1 atom stereocenters. The molecule has 3 rings (SSSR count). The van der Waals surface area contributed by atoms with Gasteiger partial charge in [-0.2, -0.15) is 0 Å². The van der Waals surface area contributed by atoms with Crippen molar-refractivity contribution in [3.63, 3.8) is 0 Å². The molecular formula is C21H27NO4. The Hall–Kier alpha value is -2.08. The molecule has 0 radical (unpaired) electrons. The van der Waals surface area contributed by atoms with Crippen LogP contribution in [0.5, 0.6) is 11.5 Å². The number of aliphatic hydroxyl groups is 2. The molecule has 2 N–H and O–H groups in total. The van der Waals surface area contributed by atoms with Crippen LogP contribution in [0.2, 0.25) is 0 Å². The highest BCUT2D eigenvalue weighted by molar-refractivity contribution is 5.32. The van der Waals surface area contributed by atoms with E-state index >= 15 is 0 Å². The first-order chi connectivity index (χ1) is 12.5. The van der Waals surface area contributed by atoms with Crippen LogP contribution in [0.25, 0.3) is 0 Å². The molecule has 2 aromatic carbocycles. The average Bonchev–Trinajstić information content (AvgIpc) is 2.70. The number of rotatable bonds is 6. The summed E-state index contributed by atoms with van der Waals surface area (Å²) in [7, 11) is 3.26. The van der Waals surface area contributed by atoms with E-state index in [9.17, 15) is 10.2 Å². The number of methoxy groups -OCH3 is 2. The number of ether oxygens (including phenoxy) is 2. The lowest BCUT2D eigenvalue weighted by molar-refractivity contribution is -0.0345. The fourth-order valence-electron chi connectivity index (χ4n) is 3.49. The second-order valence-electron chi connectivity index (χ2n) is 6.85. The van der Waals surface area contributed by atoms with E-state index < -0.39 is 11.7 Å². The summed E-state index contributed by atoms with van der Waals surface area (Å²) in [5.41, 5.74) is 0.954. The zero-order valence-corrected chi connectivity index (χ0v) is 15.4. The van der Waals surface area contributed by atoms with Crippen LogP contribution in [0.1, 0.15) is 30.1 Å². The Balaban J connectivity index is 1.58. The van der Waals surface area contributed by atoms with Gasteiger partial charge in [0.2, 0.25) is 0 Å². The van der Waals surface area contributed by atoms with Gasteiger partial charge >= 0.3 is 0 Å². The first kappa shape index (κ1) is 18.7. The van der Waals surface area contributed by atoms with Crippen molar-refractivity contribution >= 4 is 0 Å². The first-order valence-electron chi connectivity index (χ1n) is 8.95. The summed E-state index contributed by atoms with van der Waals surface area (Å²) in [6, 6.07) is 15.1. The van der Waals surface area contributed by atoms with Crippen molar-refractivity contribution in [1.82, 2.24) is 4.90 Å². The Kier molecular flexibility index (Phi) is 5.81. The predicted octanol–water partition coefficient (Wildman–Crippen LogP) is 2.72. The second kappa shape index (κ2) is 8.08. The fourth-order valence-corrected chi connectivity index (χ4v) is 3.49. The third-order valence-electron chi connectivity index (χ3n) is 5.22. The lowest BCUT2D eigenvalue weighted by atomic mass is 9.84. The highest BCUT2D eigenvalue weighted by Gasteiger charge is 2.34. The van der Waals surface area contributed by atoms with Gasteiger partial charge in [0.25, 0.3) is 0 Å². The molecule has 140 valence electrons. The van der Waals surface area contributed by atoms with Gasteiger partial charge in [0.05, 0.1) is 25.9 Å². The highest BCUT2D eigenvalue weighted by atomic mass is 16.5. The Labute approximate surface area is 154 Å². The lowest BCUT2D eigenvalue weighted by Crippen LogP contribution is -2.43. The predicted molar refractivity (Wildman–Crippen MR) is 101 cm³/mol. The van der Waals surface area contributed by atoms with Crippen molar-refractivity contribution in [3.8, 4) is 11.5 Å². The first-order valence-corrected chi connectivity index (χ1v) is 8.95. The van der Waals surface area contributed by atoms with Crippen molar-refractivity contribution in [1.29, 1.82) is 0 Å². The van der Waals surface area contributed by atoms with Gasteiger partial charge in [0, 0.05) is 19.6 Å². The third-order valence-corrected chi connectivity index (χ3v) is 5.22. The molecule has 1 unspecified atom stereocenters. The number of benzene rings is 2. The molecule has 0 amide bonds. The molecule has 26 heavy (non-hydrogen) atoms. The summed E-state index contributed by atoms with van der Waals surface area (Å²) in [6.07, 6.45) is 0.714. The van der Waals surface area contributed by atoms with E-state index in [1.54, 1.807) is 14.2 Å². The average molecular weight is 357 g/mol. The summed E-state index contributed by atoms with van der Waals surface area (Å²) in [5.74, 6) is 1.53. The quantitative estimate of drug-likeness (QED) is 0.832. The molecule has 2 aromatic rings. The molecule has 0 aliphatic carbocycles. The molecule has 0 bridgehead atoms. The van der Waals surface area contributed by atoms with Gasteiger partial charge in [-0.15, -0.1) is 0 Å². The van der Waals surface area contributed by atoms with Crippen LogP contribution in [-0.2, 0) is 5.60 Å². The molecule has 1 aliphatic rings. The van der Waals surface area contributed by atoms with Gasteiger partial charge in [-0.25, -0.2) is 0 Å². The van der Waals surface area contributed by atoms with Gasteiger partial charge in [-0.3, -0.25) is 0 Å². The molecule has 0 spiro atoms. The van der Waals surface area contributed by atoms with Crippen LogP contribution in [-0.4, -0.2) is 49.0 Å². The van der Waals surface area contributed by atoms with Gasteiger partial charge in [0.15, 0.2) is 0 Å². The van der Waals surface area contributed by atoms with E-state index in [0.717, 1.165) is 35.7 Å². The zero-order chi connectivity index (χ0) is 18.6. The Bertz CT molecular complexity index is 708. The van der Waals surface area contributed by atoms with Crippen LogP contribution in [0.15, 0.2) is 48.5 Å². The van der Waals surface area contributed by atoms with E-state index in [1.165, 1.54) is 0 Å². The smallest absolute Gasteiger partial charge is 0.119 e. The van der Waals surface area contributed by atoms with Gasteiger partial charge in [0.1, 0.15) is 11.5 Å². The van der Waals surface area contributed by atoms with Gasteiger partial charge in [-0.05, 0) is 48.2 Å². The fraction of sp³-hybridized carbons (Fsp3) is 0.429. The Morgan fingerprint density at radius 2 is 1.65 bits per heavy atom. The molecule has 0 aromatic heterocycles. The monoisotopic (exact) mass is 357 g/mol. The summed E-state index contributed by atoms with van der Waals surface area (Å²) in [6.45, 7) is 2.03. The summed E-state index contributed by atoms with van der Waals surface area (Å²) >= 11 is 0. The summed E-state index contributed by atoms with van der Waals surface area (Å²) in [4.78, 5) is 2.20. The molecule has 1 fully saturated rings. The highest BCUT2D eigenvalue weighted by Crippen LogP contribution is 2.34. The maximum absolute atomic E-state index is 11.0. The van der Waals surface area contributed by atoms with Crippen LogP contribution in [0.4, 0.5) is 0 Å². The number of piperidine rings is 1. The van der Waals surface area contributed by atoms with E-state index in [0.29, 0.717) is 19.4 Å². The molecule has 5 nitrogen and oxygen atoms in total. The normalized spacial score (nSPS) is 18.3. The van der Waals surface area contributed by atoms with Crippen LogP contribution in [0, 0.1) is 0 Å². The Morgan fingerprint density at radius 1 is 1.00 bits per heavy atom. The molecule has 1 saturated heterocycles. The minimum absolute atomic E-state index is 0.547. The molecule has 1 aliphatic heterocycles. The number of hydrogen-bond donors (Lipinski definition) is 2. The lowest BCUT2D eigenvalue weighted by Gasteiger charge is -2.39. The standard InChI is InChI=1S/C21H27NO4/c1-25-18-8-6-17(7-9-18)21(24)10-12-22(13-11-21)15-20(23)16-4-3-5-19(14-16)26-2/h3-9,14,20,23-24H,10-13,15H2,1-2H3. The van der Waals surface area contributed by atoms with Crippen molar-refractivity contribution in [3.05, 3.63) is 59.7 Å². The molecular weight excluding hydrogens is 330 g/mol. The maximum atomic E-state index is 11.0. The van der Waals surface area contributed by atoms with Crippen molar-refractivity contribution in [2.75, 3.05) is 33.9 Å². The van der Waals surface area contributed by atoms with Crippen LogP contribution in [0.3, 0.4) is 0 Å². The summed E-state index contributed by atoms with van der Waals surface area (Å²) < 4.78 is 10.4. The number of likely N-dealkylation sites (tertiary alicyclic amines) is 1. The molecule has 5 heteroatoms.